The van der Waals surface area contributed by atoms with E-state index in [9.17, 15) is 18.3 Å². The lowest BCUT2D eigenvalue weighted by Gasteiger charge is -2.29. The molecule has 156 valence electrons. The van der Waals surface area contributed by atoms with Gasteiger partial charge in [0.15, 0.2) is 11.6 Å². The molecule has 3 nitrogen and oxygen atoms in total. The maximum Gasteiger partial charge on any atom is 0.164 e. The van der Waals surface area contributed by atoms with Gasteiger partial charge in [-0.2, -0.15) is 0 Å². The number of aliphatic hydroxyl groups excluding tert-OH is 1. The first-order valence-corrected chi connectivity index (χ1v) is 10.1. The molecule has 6 heteroatoms. The molecule has 4 rings (SSSR count). The molecule has 2 aromatic carbocycles. The maximum absolute atomic E-state index is 14.2. The van der Waals surface area contributed by atoms with Crippen molar-refractivity contribution >= 4 is 0 Å². The van der Waals surface area contributed by atoms with Crippen molar-refractivity contribution in [3.05, 3.63) is 70.0 Å². The van der Waals surface area contributed by atoms with Gasteiger partial charge < -0.3 is 14.6 Å². The highest BCUT2D eigenvalue weighted by Crippen LogP contribution is 2.37. The largest absolute Gasteiger partial charge is 0.389 e. The summed E-state index contributed by atoms with van der Waals surface area (Å²) in [7, 11) is 0. The third-order valence-corrected chi connectivity index (χ3v) is 5.97. The van der Waals surface area contributed by atoms with E-state index in [0.29, 0.717) is 12.2 Å². The molecule has 2 aromatic rings. The van der Waals surface area contributed by atoms with Crippen LogP contribution in [0.5, 0.6) is 0 Å². The molecule has 1 saturated heterocycles. The predicted molar refractivity (Wildman–Crippen MR) is 102 cm³/mol. The quantitative estimate of drug-likeness (QED) is 0.647. The van der Waals surface area contributed by atoms with Crippen LogP contribution in [0.1, 0.15) is 73.0 Å². The van der Waals surface area contributed by atoms with Crippen LogP contribution in [0.25, 0.3) is 0 Å². The number of halogens is 3. The lowest BCUT2D eigenvalue weighted by Crippen LogP contribution is -2.21. The third-order valence-electron chi connectivity index (χ3n) is 5.97. The molecule has 0 amide bonds. The number of ether oxygens (including phenoxy) is 2. The van der Waals surface area contributed by atoms with E-state index in [0.717, 1.165) is 31.2 Å². The van der Waals surface area contributed by atoms with Crippen LogP contribution in [0.3, 0.4) is 0 Å². The fourth-order valence-electron chi connectivity index (χ4n) is 4.10. The summed E-state index contributed by atoms with van der Waals surface area (Å²) in [5.41, 5.74) is 1.71. The van der Waals surface area contributed by atoms with E-state index in [1.54, 1.807) is 6.07 Å². The molecule has 2 aliphatic rings. The van der Waals surface area contributed by atoms with Crippen LogP contribution in [0, 0.1) is 17.5 Å². The number of hydrogen-bond donors (Lipinski definition) is 1. The van der Waals surface area contributed by atoms with E-state index in [2.05, 4.69) is 0 Å². The van der Waals surface area contributed by atoms with Crippen LogP contribution in [-0.2, 0) is 16.1 Å². The summed E-state index contributed by atoms with van der Waals surface area (Å²) < 4.78 is 53.4. The Morgan fingerprint density at radius 3 is 2.41 bits per heavy atom. The average Bonchev–Trinajstić information content (AvgIpc) is 3.54. The fourth-order valence-corrected chi connectivity index (χ4v) is 4.10. The van der Waals surface area contributed by atoms with Gasteiger partial charge in [-0.3, -0.25) is 0 Å². The molecule has 0 bridgehead atoms. The number of hydrogen-bond acceptors (Lipinski definition) is 3. The Balaban J connectivity index is 1.31. The fraction of sp³-hybridized carbons (Fsp3) is 0.478. The van der Waals surface area contributed by atoms with Crippen LogP contribution in [0.4, 0.5) is 13.2 Å². The molecule has 0 radical (unpaired) electrons. The minimum Gasteiger partial charge on any atom is -0.389 e. The maximum atomic E-state index is 14.2. The normalized spacial score (nSPS) is 25.1. The van der Waals surface area contributed by atoms with E-state index in [4.69, 9.17) is 9.47 Å². The van der Waals surface area contributed by atoms with Crippen molar-refractivity contribution in [2.45, 2.75) is 63.4 Å². The highest BCUT2D eigenvalue weighted by atomic mass is 19.2. The van der Waals surface area contributed by atoms with Crippen molar-refractivity contribution in [1.82, 2.24) is 0 Å². The number of benzene rings is 2. The van der Waals surface area contributed by atoms with Crippen LogP contribution in [-0.4, -0.2) is 17.8 Å². The number of aliphatic hydroxyl groups is 1. The molecule has 0 aromatic heterocycles. The standard InChI is InChI=1S/C23H25F3O3/c1-13(27)18-8-5-16(22(25)23(18)26)11-28-17-6-2-14(3-7-17)15-4-9-19(20(24)10-15)21-12-29-21/h4-5,8-10,13-14,17,21,27H,2-3,6-7,11-12H2,1H3. The van der Waals surface area contributed by atoms with Gasteiger partial charge >= 0.3 is 0 Å². The molecule has 2 fully saturated rings. The average molecular weight is 406 g/mol. The van der Waals surface area contributed by atoms with Crippen LogP contribution >= 0.6 is 0 Å². The molecule has 29 heavy (non-hydrogen) atoms. The molecule has 0 spiro atoms. The SMILES string of the molecule is CC(O)c1ccc(COC2CCC(c3ccc(C4CO4)c(F)c3)CC2)c(F)c1F. The van der Waals surface area contributed by atoms with Gasteiger partial charge in [-0.05, 0) is 50.2 Å². The predicted octanol–water partition coefficient (Wildman–Crippen LogP) is 5.47. The van der Waals surface area contributed by atoms with Gasteiger partial charge in [0.25, 0.3) is 0 Å². The smallest absolute Gasteiger partial charge is 0.164 e. The van der Waals surface area contributed by atoms with Gasteiger partial charge in [-0.1, -0.05) is 24.3 Å². The third kappa shape index (κ3) is 4.49. The second-order valence-electron chi connectivity index (χ2n) is 8.01. The second-order valence-corrected chi connectivity index (χ2v) is 8.01. The second kappa shape index (κ2) is 8.46. The zero-order valence-electron chi connectivity index (χ0n) is 16.3. The monoisotopic (exact) mass is 406 g/mol. The summed E-state index contributed by atoms with van der Waals surface area (Å²) in [5, 5.41) is 9.47. The molecule has 2 unspecified atom stereocenters. The Bertz CT molecular complexity index is 872. The first-order valence-electron chi connectivity index (χ1n) is 10.1. The summed E-state index contributed by atoms with van der Waals surface area (Å²) >= 11 is 0. The summed E-state index contributed by atoms with van der Waals surface area (Å²) in [4.78, 5) is 0. The van der Waals surface area contributed by atoms with E-state index < -0.39 is 17.7 Å². The zero-order valence-corrected chi connectivity index (χ0v) is 16.3. The van der Waals surface area contributed by atoms with Crippen molar-refractivity contribution in [3.8, 4) is 0 Å². The lowest BCUT2D eigenvalue weighted by atomic mass is 9.82. The topological polar surface area (TPSA) is 42.0 Å². The van der Waals surface area contributed by atoms with Crippen LogP contribution in [0.15, 0.2) is 30.3 Å². The van der Waals surface area contributed by atoms with Crippen LogP contribution in [0.2, 0.25) is 0 Å². The Morgan fingerprint density at radius 2 is 1.79 bits per heavy atom. The van der Waals surface area contributed by atoms with Gasteiger partial charge in [0, 0.05) is 16.7 Å². The van der Waals surface area contributed by atoms with Gasteiger partial charge in [0.1, 0.15) is 11.9 Å². The minimum atomic E-state index is -1.06. The molecular formula is C23H25F3O3. The molecule has 2 atom stereocenters. The highest BCUT2D eigenvalue weighted by Gasteiger charge is 2.29. The molecular weight excluding hydrogens is 381 g/mol. The minimum absolute atomic E-state index is 0.0110. The Morgan fingerprint density at radius 1 is 1.07 bits per heavy atom. The molecule has 1 aliphatic heterocycles. The first kappa shape index (κ1) is 20.4. The van der Waals surface area contributed by atoms with E-state index in [1.807, 2.05) is 12.1 Å². The summed E-state index contributed by atoms with van der Waals surface area (Å²) in [6.07, 6.45) is 2.11. The van der Waals surface area contributed by atoms with Crippen molar-refractivity contribution in [2.75, 3.05) is 6.61 Å². The van der Waals surface area contributed by atoms with Gasteiger partial charge in [-0.15, -0.1) is 0 Å². The van der Waals surface area contributed by atoms with E-state index in [-0.39, 0.29) is 41.7 Å². The summed E-state index contributed by atoms with van der Waals surface area (Å²) in [5.74, 6) is -1.92. The Hall–Kier alpha value is -1.89. The van der Waals surface area contributed by atoms with E-state index >= 15 is 0 Å². The van der Waals surface area contributed by atoms with Crippen molar-refractivity contribution in [2.24, 2.45) is 0 Å². The Labute approximate surface area is 168 Å². The zero-order chi connectivity index (χ0) is 20.5. The summed E-state index contributed by atoms with van der Waals surface area (Å²) in [6.45, 7) is 1.97. The molecule has 1 saturated carbocycles. The molecule has 1 aliphatic carbocycles. The van der Waals surface area contributed by atoms with Gasteiger partial charge in [-0.25, -0.2) is 13.2 Å². The van der Waals surface area contributed by atoms with Crippen molar-refractivity contribution in [3.63, 3.8) is 0 Å². The van der Waals surface area contributed by atoms with Gasteiger partial charge in [0.2, 0.25) is 0 Å². The Kier molecular flexibility index (Phi) is 5.95. The lowest BCUT2D eigenvalue weighted by molar-refractivity contribution is 0.0118. The highest BCUT2D eigenvalue weighted by molar-refractivity contribution is 5.30. The summed E-state index contributed by atoms with van der Waals surface area (Å²) in [6, 6.07) is 8.27. The van der Waals surface area contributed by atoms with E-state index in [1.165, 1.54) is 19.1 Å². The van der Waals surface area contributed by atoms with Crippen molar-refractivity contribution in [1.29, 1.82) is 0 Å². The molecule has 1 N–H and O–H groups in total. The van der Waals surface area contributed by atoms with Crippen molar-refractivity contribution < 1.29 is 27.8 Å². The first-order chi connectivity index (χ1) is 13.9. The number of rotatable bonds is 6. The van der Waals surface area contributed by atoms with Gasteiger partial charge in [0.05, 0.1) is 25.4 Å². The molecule has 1 heterocycles. The van der Waals surface area contributed by atoms with Crippen LogP contribution < -0.4 is 0 Å². The number of epoxide rings is 1.